The molecule has 0 aromatic heterocycles. The van der Waals surface area contributed by atoms with Gasteiger partial charge in [0.25, 0.3) is 0 Å². The minimum absolute atomic E-state index is 0.0859. The van der Waals surface area contributed by atoms with Crippen molar-refractivity contribution < 1.29 is 14.4 Å². The summed E-state index contributed by atoms with van der Waals surface area (Å²) in [5.41, 5.74) is 0.632. The molecule has 0 bridgehead atoms. The van der Waals surface area contributed by atoms with Gasteiger partial charge >= 0.3 is 0 Å². The fraction of sp³-hybridized carbons (Fsp3) is 0.421. The van der Waals surface area contributed by atoms with Gasteiger partial charge in [-0.2, -0.15) is 0 Å². The van der Waals surface area contributed by atoms with E-state index in [2.05, 4.69) is 4.90 Å². The lowest BCUT2D eigenvalue weighted by Gasteiger charge is -2.34. The summed E-state index contributed by atoms with van der Waals surface area (Å²) in [6, 6.07) is 5.21. The van der Waals surface area contributed by atoms with Crippen LogP contribution in [0.3, 0.4) is 0 Å². The molecule has 1 aromatic carbocycles. The van der Waals surface area contributed by atoms with Crippen LogP contribution in [0, 0.1) is 0 Å². The van der Waals surface area contributed by atoms with Crippen LogP contribution >= 0.6 is 23.2 Å². The molecule has 0 spiro atoms. The van der Waals surface area contributed by atoms with E-state index in [4.69, 9.17) is 23.2 Å². The van der Waals surface area contributed by atoms with Gasteiger partial charge in [0.15, 0.2) is 0 Å². The van der Waals surface area contributed by atoms with Gasteiger partial charge in [0.05, 0.1) is 0 Å². The maximum Gasteiger partial charge on any atom is 0.246 e. The van der Waals surface area contributed by atoms with Crippen LogP contribution in [0.25, 0.3) is 6.08 Å². The van der Waals surface area contributed by atoms with Crippen LogP contribution in [0.1, 0.15) is 18.4 Å². The van der Waals surface area contributed by atoms with E-state index in [1.165, 1.54) is 11.0 Å². The number of hydrogen-bond acceptors (Lipinski definition) is 4. The molecular formula is C19H21Cl2N3O3. The zero-order chi connectivity index (χ0) is 19.4. The number of piperazine rings is 1. The van der Waals surface area contributed by atoms with Crippen LogP contribution in [0.15, 0.2) is 24.3 Å². The lowest BCUT2D eigenvalue weighted by Crippen LogP contribution is -2.50. The average Bonchev–Trinajstić information content (AvgIpc) is 2.97. The lowest BCUT2D eigenvalue weighted by molar-refractivity contribution is -0.138. The number of carbonyl (C=O) groups is 3. The number of benzene rings is 1. The standard InChI is InChI=1S/C19H21Cl2N3O3/c20-15-2-1-3-16(21)14(15)4-5-17(25)23-11-8-22(9-12-23)10-13-24-18(26)6-7-19(24)27/h1-5H,6-13H2. The summed E-state index contributed by atoms with van der Waals surface area (Å²) < 4.78 is 0. The van der Waals surface area contributed by atoms with Crippen molar-refractivity contribution in [2.75, 3.05) is 39.3 Å². The minimum atomic E-state index is -0.0875. The molecule has 0 radical (unpaired) electrons. The fourth-order valence-electron chi connectivity index (χ4n) is 3.24. The second-order valence-corrected chi connectivity index (χ2v) is 7.39. The van der Waals surface area contributed by atoms with Crippen molar-refractivity contribution in [3.05, 3.63) is 39.9 Å². The van der Waals surface area contributed by atoms with E-state index in [1.54, 1.807) is 29.2 Å². The summed E-state index contributed by atoms with van der Waals surface area (Å²) in [5.74, 6) is -0.259. The van der Waals surface area contributed by atoms with Crippen molar-refractivity contribution in [3.8, 4) is 0 Å². The number of hydrogen-bond donors (Lipinski definition) is 0. The first-order chi connectivity index (χ1) is 13.0. The first-order valence-corrected chi connectivity index (χ1v) is 9.68. The van der Waals surface area contributed by atoms with Crippen molar-refractivity contribution in [3.63, 3.8) is 0 Å². The zero-order valence-corrected chi connectivity index (χ0v) is 16.4. The Kier molecular flexibility index (Phi) is 6.52. The van der Waals surface area contributed by atoms with E-state index in [0.29, 0.717) is 67.7 Å². The van der Waals surface area contributed by atoms with E-state index >= 15 is 0 Å². The quantitative estimate of drug-likeness (QED) is 0.552. The van der Waals surface area contributed by atoms with Crippen LogP contribution < -0.4 is 0 Å². The highest BCUT2D eigenvalue weighted by Gasteiger charge is 2.29. The Morgan fingerprint density at radius 2 is 1.56 bits per heavy atom. The molecule has 2 heterocycles. The van der Waals surface area contributed by atoms with Crippen molar-refractivity contribution in [2.45, 2.75) is 12.8 Å². The molecule has 1 aromatic rings. The van der Waals surface area contributed by atoms with E-state index < -0.39 is 0 Å². The van der Waals surface area contributed by atoms with Crippen molar-refractivity contribution in [1.29, 1.82) is 0 Å². The number of carbonyl (C=O) groups excluding carboxylic acids is 3. The first-order valence-electron chi connectivity index (χ1n) is 8.92. The van der Waals surface area contributed by atoms with Gasteiger partial charge in [-0.15, -0.1) is 0 Å². The molecule has 0 atom stereocenters. The van der Waals surface area contributed by atoms with Gasteiger partial charge in [-0.25, -0.2) is 0 Å². The van der Waals surface area contributed by atoms with Gasteiger partial charge in [-0.3, -0.25) is 24.2 Å². The Balaban J connectivity index is 1.47. The molecule has 0 unspecified atom stereocenters. The highest BCUT2D eigenvalue weighted by atomic mass is 35.5. The highest BCUT2D eigenvalue weighted by Crippen LogP contribution is 2.25. The van der Waals surface area contributed by atoms with Gasteiger partial charge in [0.1, 0.15) is 0 Å². The fourth-order valence-corrected chi connectivity index (χ4v) is 3.76. The number of nitrogens with zero attached hydrogens (tertiary/aromatic N) is 3. The van der Waals surface area contributed by atoms with Crippen LogP contribution in [0.2, 0.25) is 10.0 Å². The summed E-state index contributed by atoms with van der Waals surface area (Å²) in [4.78, 5) is 40.9. The van der Waals surface area contributed by atoms with Gasteiger partial charge in [0, 0.05) is 73.8 Å². The maximum atomic E-state index is 12.4. The Labute approximate surface area is 168 Å². The molecule has 144 valence electrons. The third-order valence-electron chi connectivity index (χ3n) is 4.87. The molecule has 3 rings (SSSR count). The molecule has 2 aliphatic heterocycles. The van der Waals surface area contributed by atoms with Gasteiger partial charge in [-0.1, -0.05) is 29.3 Å². The topological polar surface area (TPSA) is 60.9 Å². The smallest absolute Gasteiger partial charge is 0.246 e. The SMILES string of the molecule is O=C(C=Cc1c(Cl)cccc1Cl)N1CCN(CCN2C(=O)CCC2=O)CC1. The van der Waals surface area contributed by atoms with Gasteiger partial charge < -0.3 is 4.90 Å². The minimum Gasteiger partial charge on any atom is -0.337 e. The molecule has 8 heteroatoms. The number of amides is 3. The number of halogens is 2. The van der Waals surface area contributed by atoms with E-state index in [-0.39, 0.29) is 17.7 Å². The van der Waals surface area contributed by atoms with Crippen molar-refractivity contribution in [2.24, 2.45) is 0 Å². The van der Waals surface area contributed by atoms with Crippen LogP contribution in [-0.2, 0) is 14.4 Å². The van der Waals surface area contributed by atoms with E-state index in [0.717, 1.165) is 0 Å². The van der Waals surface area contributed by atoms with E-state index in [9.17, 15) is 14.4 Å². The zero-order valence-electron chi connectivity index (χ0n) is 14.9. The largest absolute Gasteiger partial charge is 0.337 e. The van der Waals surface area contributed by atoms with Crippen molar-refractivity contribution in [1.82, 2.24) is 14.7 Å². The van der Waals surface area contributed by atoms with Crippen molar-refractivity contribution >= 4 is 47.0 Å². The molecular weight excluding hydrogens is 389 g/mol. The third-order valence-corrected chi connectivity index (χ3v) is 5.53. The summed E-state index contributed by atoms with van der Waals surface area (Å²) >= 11 is 12.2. The third kappa shape index (κ3) is 4.89. The summed E-state index contributed by atoms with van der Waals surface area (Å²) in [7, 11) is 0. The number of likely N-dealkylation sites (tertiary alicyclic amines) is 1. The van der Waals surface area contributed by atoms with Gasteiger partial charge in [0.2, 0.25) is 17.7 Å². The van der Waals surface area contributed by atoms with Crippen LogP contribution in [0.4, 0.5) is 0 Å². The molecule has 27 heavy (non-hydrogen) atoms. The predicted molar refractivity (Wildman–Crippen MR) is 104 cm³/mol. The summed E-state index contributed by atoms with van der Waals surface area (Å²) in [6.07, 6.45) is 3.78. The summed E-state index contributed by atoms with van der Waals surface area (Å²) in [6.45, 7) is 3.69. The molecule has 2 saturated heterocycles. The summed E-state index contributed by atoms with van der Waals surface area (Å²) in [5, 5.41) is 1.00. The Bertz CT molecular complexity index is 737. The van der Waals surface area contributed by atoms with Gasteiger partial charge in [-0.05, 0) is 18.2 Å². The Hall–Kier alpha value is -1.89. The predicted octanol–water partition coefficient (Wildman–Crippen LogP) is 2.30. The Morgan fingerprint density at radius 1 is 0.963 bits per heavy atom. The molecule has 2 aliphatic rings. The Morgan fingerprint density at radius 3 is 2.15 bits per heavy atom. The molecule has 0 saturated carbocycles. The molecule has 2 fully saturated rings. The first kappa shape index (κ1) is 19.9. The maximum absolute atomic E-state index is 12.4. The molecule has 0 aliphatic carbocycles. The number of rotatable bonds is 5. The van der Waals surface area contributed by atoms with Crippen LogP contribution in [0.5, 0.6) is 0 Å². The average molecular weight is 410 g/mol. The second-order valence-electron chi connectivity index (χ2n) is 6.57. The molecule has 6 nitrogen and oxygen atoms in total. The molecule has 0 N–H and O–H groups in total. The number of imide groups is 1. The van der Waals surface area contributed by atoms with Crippen LogP contribution in [-0.4, -0.2) is 71.7 Å². The van der Waals surface area contributed by atoms with E-state index in [1.807, 2.05) is 0 Å². The lowest BCUT2D eigenvalue weighted by atomic mass is 10.2. The monoisotopic (exact) mass is 409 g/mol. The second kappa shape index (κ2) is 8.87. The highest BCUT2D eigenvalue weighted by molar-refractivity contribution is 6.37. The normalized spacial score (nSPS) is 18.7. The molecule has 3 amide bonds.